The number of hydrogen-bond donors (Lipinski definition) is 0. The minimum atomic E-state index is -4.36. The number of nitriles is 1. The van der Waals surface area contributed by atoms with Crippen LogP contribution in [0, 0.1) is 17.2 Å². The van der Waals surface area contributed by atoms with Crippen molar-refractivity contribution in [2.45, 2.75) is 37.0 Å². The minimum Gasteiger partial charge on any atom is -0.381 e. The molecule has 120 valence electrons. The third-order valence-corrected chi connectivity index (χ3v) is 5.33. The zero-order chi connectivity index (χ0) is 16.4. The Bertz CT molecular complexity index is 552. The lowest BCUT2D eigenvalue weighted by atomic mass is 9.63. The molecule has 1 aromatic carbocycles. The van der Waals surface area contributed by atoms with Gasteiger partial charge in [-0.2, -0.15) is 18.4 Å². The minimum absolute atomic E-state index is 0.00735. The summed E-state index contributed by atoms with van der Waals surface area (Å²) in [5.74, 6) is 0.00735. The molecule has 3 atom stereocenters. The summed E-state index contributed by atoms with van der Waals surface area (Å²) >= 11 is 3.44. The van der Waals surface area contributed by atoms with Gasteiger partial charge in [0.2, 0.25) is 0 Å². The predicted molar refractivity (Wildman–Crippen MR) is 80.7 cm³/mol. The van der Waals surface area contributed by atoms with E-state index in [9.17, 15) is 18.4 Å². The van der Waals surface area contributed by atoms with Crippen LogP contribution in [-0.4, -0.2) is 18.5 Å². The Morgan fingerprint density at radius 2 is 2.00 bits per heavy atom. The van der Waals surface area contributed by atoms with Gasteiger partial charge in [-0.3, -0.25) is 0 Å². The summed E-state index contributed by atoms with van der Waals surface area (Å²) in [5, 5.41) is 10.4. The maximum absolute atomic E-state index is 12.7. The second-order valence-electron chi connectivity index (χ2n) is 5.64. The van der Waals surface area contributed by atoms with Gasteiger partial charge in [0.15, 0.2) is 0 Å². The molecule has 0 radical (unpaired) electrons. The molecule has 0 aromatic heterocycles. The summed E-state index contributed by atoms with van der Waals surface area (Å²) in [7, 11) is 1.65. The van der Waals surface area contributed by atoms with Crippen LogP contribution in [0.2, 0.25) is 0 Å². The Morgan fingerprint density at radius 1 is 1.36 bits per heavy atom. The fourth-order valence-electron chi connectivity index (χ4n) is 3.19. The van der Waals surface area contributed by atoms with E-state index in [0.29, 0.717) is 17.3 Å². The number of alkyl halides is 4. The summed E-state index contributed by atoms with van der Waals surface area (Å²) in [4.78, 5) is 0. The highest BCUT2D eigenvalue weighted by Crippen LogP contribution is 2.45. The van der Waals surface area contributed by atoms with Crippen molar-refractivity contribution >= 4 is 15.9 Å². The molecule has 0 aliphatic heterocycles. The summed E-state index contributed by atoms with van der Waals surface area (Å²) in [5.41, 5.74) is -0.796. The smallest absolute Gasteiger partial charge is 0.381 e. The van der Waals surface area contributed by atoms with Gasteiger partial charge in [0.05, 0.1) is 23.2 Å². The molecule has 6 heteroatoms. The lowest BCUT2D eigenvalue weighted by molar-refractivity contribution is -0.137. The summed E-state index contributed by atoms with van der Waals surface area (Å²) in [6.45, 7) is 0. The Labute approximate surface area is 136 Å². The van der Waals surface area contributed by atoms with Gasteiger partial charge < -0.3 is 4.74 Å². The average Bonchev–Trinajstić information content (AvgIpc) is 2.53. The van der Waals surface area contributed by atoms with E-state index in [-0.39, 0.29) is 12.0 Å². The highest BCUT2D eigenvalue weighted by atomic mass is 79.9. The van der Waals surface area contributed by atoms with E-state index in [1.807, 2.05) is 0 Å². The van der Waals surface area contributed by atoms with Crippen LogP contribution in [0.25, 0.3) is 0 Å². The number of benzene rings is 1. The van der Waals surface area contributed by atoms with Crippen LogP contribution < -0.4 is 0 Å². The molecule has 0 bridgehead atoms. The highest BCUT2D eigenvalue weighted by molar-refractivity contribution is 9.09. The number of methoxy groups -OCH3 is 1. The van der Waals surface area contributed by atoms with Gasteiger partial charge in [-0.05, 0) is 42.9 Å². The largest absolute Gasteiger partial charge is 0.416 e. The van der Waals surface area contributed by atoms with Gasteiger partial charge in [0.1, 0.15) is 0 Å². The highest BCUT2D eigenvalue weighted by Gasteiger charge is 2.45. The summed E-state index contributed by atoms with van der Waals surface area (Å²) < 4.78 is 43.5. The lowest BCUT2D eigenvalue weighted by Crippen LogP contribution is -2.42. The monoisotopic (exact) mass is 375 g/mol. The molecule has 1 aliphatic carbocycles. The van der Waals surface area contributed by atoms with Crippen LogP contribution in [0.5, 0.6) is 0 Å². The van der Waals surface area contributed by atoms with Crippen LogP contribution in [-0.2, 0) is 16.3 Å². The van der Waals surface area contributed by atoms with Crippen LogP contribution >= 0.6 is 15.9 Å². The van der Waals surface area contributed by atoms with Crippen molar-refractivity contribution in [2.75, 3.05) is 12.4 Å². The Kier molecular flexibility index (Phi) is 5.18. The predicted octanol–water partition coefficient (Wildman–Crippen LogP) is 4.68. The van der Waals surface area contributed by atoms with Gasteiger partial charge in [0, 0.05) is 12.4 Å². The average molecular weight is 376 g/mol. The summed E-state index contributed by atoms with van der Waals surface area (Å²) in [6.07, 6.45) is -2.23. The molecule has 2 nitrogen and oxygen atoms in total. The molecule has 1 aromatic rings. The van der Waals surface area contributed by atoms with Crippen molar-refractivity contribution in [3.63, 3.8) is 0 Å². The molecular weight excluding hydrogens is 359 g/mol. The number of nitrogens with zero attached hydrogens (tertiary/aromatic N) is 1. The van der Waals surface area contributed by atoms with Gasteiger partial charge >= 0.3 is 6.18 Å². The third-order valence-electron chi connectivity index (χ3n) is 4.55. The van der Waals surface area contributed by atoms with Crippen molar-refractivity contribution in [1.29, 1.82) is 5.26 Å². The molecule has 0 heterocycles. The zero-order valence-electron chi connectivity index (χ0n) is 12.2. The number of halogens is 4. The Balaban J connectivity index is 2.36. The van der Waals surface area contributed by atoms with Gasteiger partial charge in [-0.15, -0.1) is 0 Å². The molecule has 22 heavy (non-hydrogen) atoms. The topological polar surface area (TPSA) is 33.0 Å². The second-order valence-corrected chi connectivity index (χ2v) is 6.29. The molecule has 3 unspecified atom stereocenters. The van der Waals surface area contributed by atoms with Crippen molar-refractivity contribution in [3.05, 3.63) is 35.4 Å². The maximum Gasteiger partial charge on any atom is 0.416 e. The number of ether oxygens (including phenoxy) is 1. The normalized spacial score (nSPS) is 29.1. The zero-order valence-corrected chi connectivity index (χ0v) is 13.7. The van der Waals surface area contributed by atoms with Crippen molar-refractivity contribution < 1.29 is 17.9 Å². The van der Waals surface area contributed by atoms with Crippen LogP contribution in [0.3, 0.4) is 0 Å². The maximum atomic E-state index is 12.7. The van der Waals surface area contributed by atoms with E-state index >= 15 is 0 Å². The van der Waals surface area contributed by atoms with E-state index in [1.165, 1.54) is 12.1 Å². The van der Waals surface area contributed by atoms with E-state index in [2.05, 4.69) is 22.0 Å². The Hall–Kier alpha value is -1.06. The van der Waals surface area contributed by atoms with E-state index in [4.69, 9.17) is 4.74 Å². The Morgan fingerprint density at radius 3 is 2.45 bits per heavy atom. The number of rotatable bonds is 3. The van der Waals surface area contributed by atoms with Crippen LogP contribution in [0.4, 0.5) is 13.2 Å². The lowest BCUT2D eigenvalue weighted by Gasteiger charge is -2.41. The molecule has 0 saturated heterocycles. The van der Waals surface area contributed by atoms with Crippen LogP contribution in [0.1, 0.15) is 30.4 Å². The van der Waals surface area contributed by atoms with E-state index < -0.39 is 17.2 Å². The molecule has 2 rings (SSSR count). The standard InChI is InChI=1S/C16H17BrF3NO/c1-22-14-6-7-15(10-21,13(8-14)9-17)11-2-4-12(5-3-11)16(18,19)20/h2-5,13-14H,6-9H2,1H3. The summed E-state index contributed by atoms with van der Waals surface area (Å²) in [6, 6.07) is 7.36. The van der Waals surface area contributed by atoms with Gasteiger partial charge in [0.25, 0.3) is 0 Å². The first kappa shape index (κ1) is 17.3. The third kappa shape index (κ3) is 3.16. The molecule has 0 spiro atoms. The molecule has 0 amide bonds. The first-order valence-corrected chi connectivity index (χ1v) is 8.17. The van der Waals surface area contributed by atoms with Crippen LogP contribution in [0.15, 0.2) is 24.3 Å². The second kappa shape index (κ2) is 6.59. The van der Waals surface area contributed by atoms with E-state index in [1.54, 1.807) is 7.11 Å². The van der Waals surface area contributed by atoms with Crippen molar-refractivity contribution in [2.24, 2.45) is 5.92 Å². The van der Waals surface area contributed by atoms with Crippen molar-refractivity contribution in [3.8, 4) is 6.07 Å². The molecular formula is C16H17BrF3NO. The fourth-order valence-corrected chi connectivity index (χ4v) is 4.00. The molecule has 1 saturated carbocycles. The molecule has 1 fully saturated rings. The SMILES string of the molecule is COC1CCC(C#N)(c2ccc(C(F)(F)F)cc2)C(CBr)C1. The van der Waals surface area contributed by atoms with Crippen molar-refractivity contribution in [1.82, 2.24) is 0 Å². The van der Waals surface area contributed by atoms with Gasteiger partial charge in [-0.1, -0.05) is 28.1 Å². The van der Waals surface area contributed by atoms with E-state index in [0.717, 1.165) is 25.0 Å². The van der Waals surface area contributed by atoms with Gasteiger partial charge in [-0.25, -0.2) is 0 Å². The quantitative estimate of drug-likeness (QED) is 0.718. The molecule has 1 aliphatic rings. The first-order valence-electron chi connectivity index (χ1n) is 7.05. The first-order chi connectivity index (χ1) is 10.4. The fraction of sp³-hybridized carbons (Fsp3) is 0.562. The number of hydrogen-bond acceptors (Lipinski definition) is 2. The molecule has 0 N–H and O–H groups in total.